The molecule has 0 saturated heterocycles. The van der Waals surface area contributed by atoms with Crippen molar-refractivity contribution in [2.75, 3.05) is 0 Å². The molecule has 0 bridgehead atoms. The molecule has 0 aliphatic heterocycles. The van der Waals surface area contributed by atoms with Crippen LogP contribution in [0.15, 0.2) is 48.5 Å². The second-order valence-electron chi connectivity index (χ2n) is 6.41. The van der Waals surface area contributed by atoms with E-state index in [2.05, 4.69) is 62.4 Å². The Labute approximate surface area is 122 Å². The number of benzene rings is 2. The lowest BCUT2D eigenvalue weighted by atomic mass is 9.77. The van der Waals surface area contributed by atoms with Crippen LogP contribution in [0.2, 0.25) is 0 Å². The van der Waals surface area contributed by atoms with E-state index in [4.69, 9.17) is 0 Å². The van der Waals surface area contributed by atoms with Gasteiger partial charge >= 0.3 is 0 Å². The van der Waals surface area contributed by atoms with Crippen LogP contribution in [-0.4, -0.2) is 0 Å². The highest BCUT2D eigenvalue weighted by Gasteiger charge is 2.21. The summed E-state index contributed by atoms with van der Waals surface area (Å²) in [5.74, 6) is 1.67. The minimum absolute atomic E-state index is 0.753. The maximum Gasteiger partial charge on any atom is -0.0149 e. The van der Waals surface area contributed by atoms with E-state index in [-0.39, 0.29) is 0 Å². The van der Waals surface area contributed by atoms with Crippen LogP contribution in [0, 0.1) is 12.8 Å². The van der Waals surface area contributed by atoms with Crippen molar-refractivity contribution >= 4 is 0 Å². The molecule has 0 unspecified atom stereocenters. The lowest BCUT2D eigenvalue weighted by Gasteiger charge is -2.28. The van der Waals surface area contributed by atoms with E-state index < -0.39 is 0 Å². The van der Waals surface area contributed by atoms with Gasteiger partial charge in [-0.1, -0.05) is 73.9 Å². The van der Waals surface area contributed by atoms with Crippen molar-refractivity contribution in [3.63, 3.8) is 0 Å². The van der Waals surface area contributed by atoms with Crippen LogP contribution >= 0.6 is 0 Å². The van der Waals surface area contributed by atoms with Crippen molar-refractivity contribution in [1.29, 1.82) is 0 Å². The zero-order valence-electron chi connectivity index (χ0n) is 12.6. The molecule has 0 atom stereocenters. The molecule has 20 heavy (non-hydrogen) atoms. The first-order valence-corrected chi connectivity index (χ1v) is 7.90. The molecule has 0 radical (unpaired) electrons. The van der Waals surface area contributed by atoms with Gasteiger partial charge in [-0.15, -0.1) is 0 Å². The molecule has 0 aromatic heterocycles. The van der Waals surface area contributed by atoms with E-state index >= 15 is 0 Å². The largest absolute Gasteiger partial charge is 0.0625 e. The summed E-state index contributed by atoms with van der Waals surface area (Å²) in [6.45, 7) is 4.54. The van der Waals surface area contributed by atoms with Crippen LogP contribution in [0.1, 0.15) is 49.7 Å². The molecule has 1 aliphatic rings. The van der Waals surface area contributed by atoms with Gasteiger partial charge in [0.15, 0.2) is 0 Å². The van der Waals surface area contributed by atoms with Gasteiger partial charge in [0, 0.05) is 0 Å². The Morgan fingerprint density at radius 1 is 0.800 bits per heavy atom. The SMILES string of the molecule is Cc1ccc(-c2ccccc2C2CCC(C)CC2)cc1. The summed E-state index contributed by atoms with van der Waals surface area (Å²) in [6, 6.07) is 18.0. The first-order chi connectivity index (χ1) is 9.74. The standard InChI is InChI=1S/C20H24/c1-15-7-11-17(12-8-15)19-5-3-4-6-20(19)18-13-9-16(2)10-14-18/h3-8,11-12,16,18H,9-10,13-14H2,1-2H3. The second-order valence-corrected chi connectivity index (χ2v) is 6.41. The molecular formula is C20H24. The average molecular weight is 264 g/mol. The minimum atomic E-state index is 0.753. The molecule has 3 rings (SSSR count). The molecule has 0 spiro atoms. The third-order valence-electron chi connectivity index (χ3n) is 4.78. The summed E-state index contributed by atoms with van der Waals surface area (Å²) in [5.41, 5.74) is 5.69. The van der Waals surface area contributed by atoms with Crippen LogP contribution < -0.4 is 0 Å². The maximum atomic E-state index is 2.39. The molecule has 0 heterocycles. The molecule has 0 nitrogen and oxygen atoms in total. The van der Waals surface area contributed by atoms with Crippen molar-refractivity contribution in [3.05, 3.63) is 59.7 Å². The third-order valence-corrected chi connectivity index (χ3v) is 4.78. The summed E-state index contributed by atoms with van der Waals surface area (Å²) in [5, 5.41) is 0. The minimum Gasteiger partial charge on any atom is -0.0625 e. The number of rotatable bonds is 2. The Hall–Kier alpha value is -1.56. The molecule has 2 aromatic rings. The van der Waals surface area contributed by atoms with Gasteiger partial charge in [-0.2, -0.15) is 0 Å². The van der Waals surface area contributed by atoms with E-state index in [1.165, 1.54) is 42.4 Å². The molecule has 1 saturated carbocycles. The second kappa shape index (κ2) is 5.83. The molecule has 0 N–H and O–H groups in total. The average Bonchev–Trinajstić information content (AvgIpc) is 2.49. The summed E-state index contributed by atoms with van der Waals surface area (Å²) in [4.78, 5) is 0. The third kappa shape index (κ3) is 2.80. The van der Waals surface area contributed by atoms with Gasteiger partial charge in [0.05, 0.1) is 0 Å². The van der Waals surface area contributed by atoms with Gasteiger partial charge in [-0.3, -0.25) is 0 Å². The summed E-state index contributed by atoms with van der Waals surface area (Å²) < 4.78 is 0. The smallest absolute Gasteiger partial charge is 0.0149 e. The summed E-state index contributed by atoms with van der Waals surface area (Å²) in [7, 11) is 0. The highest BCUT2D eigenvalue weighted by molar-refractivity contribution is 5.68. The highest BCUT2D eigenvalue weighted by Crippen LogP contribution is 2.39. The van der Waals surface area contributed by atoms with Crippen molar-refractivity contribution in [2.24, 2.45) is 5.92 Å². The van der Waals surface area contributed by atoms with Crippen LogP contribution in [-0.2, 0) is 0 Å². The quantitative estimate of drug-likeness (QED) is 0.628. The Morgan fingerprint density at radius 2 is 1.45 bits per heavy atom. The van der Waals surface area contributed by atoms with Crippen molar-refractivity contribution in [2.45, 2.75) is 45.4 Å². The fourth-order valence-corrected chi connectivity index (χ4v) is 3.42. The summed E-state index contributed by atoms with van der Waals surface area (Å²) in [6.07, 6.45) is 5.47. The van der Waals surface area contributed by atoms with E-state index in [1.54, 1.807) is 5.56 Å². The van der Waals surface area contributed by atoms with Crippen molar-refractivity contribution in [3.8, 4) is 11.1 Å². The highest BCUT2D eigenvalue weighted by atomic mass is 14.3. The Bertz CT molecular complexity index is 557. The molecule has 1 aliphatic carbocycles. The van der Waals surface area contributed by atoms with Crippen LogP contribution in [0.4, 0.5) is 0 Å². The van der Waals surface area contributed by atoms with Crippen LogP contribution in [0.25, 0.3) is 11.1 Å². The van der Waals surface area contributed by atoms with E-state index in [0.29, 0.717) is 0 Å². The zero-order valence-corrected chi connectivity index (χ0v) is 12.6. The lowest BCUT2D eigenvalue weighted by Crippen LogP contribution is -2.11. The number of hydrogen-bond donors (Lipinski definition) is 0. The predicted molar refractivity (Wildman–Crippen MR) is 87.0 cm³/mol. The molecule has 2 aromatic carbocycles. The molecular weight excluding hydrogens is 240 g/mol. The van der Waals surface area contributed by atoms with E-state index in [0.717, 1.165) is 11.8 Å². The number of hydrogen-bond acceptors (Lipinski definition) is 0. The van der Waals surface area contributed by atoms with E-state index in [9.17, 15) is 0 Å². The first kappa shape index (κ1) is 13.4. The lowest BCUT2D eigenvalue weighted by molar-refractivity contribution is 0.348. The zero-order chi connectivity index (χ0) is 13.9. The molecule has 0 amide bonds. The van der Waals surface area contributed by atoms with E-state index in [1.807, 2.05) is 0 Å². The molecule has 104 valence electrons. The van der Waals surface area contributed by atoms with Crippen molar-refractivity contribution < 1.29 is 0 Å². The van der Waals surface area contributed by atoms with Gasteiger partial charge in [-0.25, -0.2) is 0 Å². The molecule has 0 heteroatoms. The Balaban J connectivity index is 1.94. The number of aryl methyl sites for hydroxylation is 1. The maximum absolute atomic E-state index is 2.39. The van der Waals surface area contributed by atoms with Gasteiger partial charge in [0.2, 0.25) is 0 Å². The topological polar surface area (TPSA) is 0 Å². The van der Waals surface area contributed by atoms with Gasteiger partial charge in [0.1, 0.15) is 0 Å². The van der Waals surface area contributed by atoms with Gasteiger partial charge in [-0.05, 0) is 48.3 Å². The van der Waals surface area contributed by atoms with Crippen LogP contribution in [0.5, 0.6) is 0 Å². The van der Waals surface area contributed by atoms with Crippen molar-refractivity contribution in [1.82, 2.24) is 0 Å². The van der Waals surface area contributed by atoms with Gasteiger partial charge < -0.3 is 0 Å². The fourth-order valence-electron chi connectivity index (χ4n) is 3.42. The van der Waals surface area contributed by atoms with Gasteiger partial charge in [0.25, 0.3) is 0 Å². The Kier molecular flexibility index (Phi) is 3.91. The monoisotopic (exact) mass is 264 g/mol. The first-order valence-electron chi connectivity index (χ1n) is 7.90. The summed E-state index contributed by atoms with van der Waals surface area (Å²) >= 11 is 0. The van der Waals surface area contributed by atoms with Crippen LogP contribution in [0.3, 0.4) is 0 Å². The Morgan fingerprint density at radius 3 is 2.15 bits per heavy atom. The predicted octanol–water partition coefficient (Wildman–Crippen LogP) is 5.96. The normalized spacial score (nSPS) is 22.7. The fraction of sp³-hybridized carbons (Fsp3) is 0.400. The molecule has 1 fully saturated rings.